The van der Waals surface area contributed by atoms with E-state index in [-0.39, 0.29) is 18.1 Å². The number of nitriles is 1. The smallest absolute Gasteiger partial charge is 0.282 e. The number of aromatic nitrogens is 2. The Labute approximate surface area is 237 Å². The summed E-state index contributed by atoms with van der Waals surface area (Å²) >= 11 is 5.61. The molecule has 0 unspecified atom stereocenters. The first-order chi connectivity index (χ1) is 17.9. The number of hydrogen-bond donors (Lipinski definition) is 0. The lowest BCUT2D eigenvalue weighted by atomic mass is 10.1. The minimum Gasteiger partial charge on any atom is -0.493 e. The molecule has 1 heterocycles. The Morgan fingerprint density at radius 2 is 2.03 bits per heavy atom. The molecule has 188 valence electrons. The van der Waals surface area contributed by atoms with E-state index in [0.29, 0.717) is 33.8 Å². The summed E-state index contributed by atoms with van der Waals surface area (Å²) in [5.41, 5.74) is 2.52. The SMILES string of the molecule is CC[C@H](C)c1nc2ccc(Br)cc2c(=O)n1N=Cc1cc(I)c(OCc2ccccc2C#N)c(OC)c1. The van der Waals surface area contributed by atoms with E-state index >= 15 is 0 Å². The minimum atomic E-state index is -0.226. The average Bonchev–Trinajstić information content (AvgIpc) is 2.91. The fourth-order valence-corrected chi connectivity index (χ4v) is 4.91. The van der Waals surface area contributed by atoms with Gasteiger partial charge in [0.15, 0.2) is 11.5 Å². The van der Waals surface area contributed by atoms with E-state index in [4.69, 9.17) is 14.5 Å². The van der Waals surface area contributed by atoms with Crippen LogP contribution in [-0.4, -0.2) is 23.0 Å². The first kappa shape index (κ1) is 26.8. The van der Waals surface area contributed by atoms with Crippen molar-refractivity contribution in [3.63, 3.8) is 0 Å². The van der Waals surface area contributed by atoms with Crippen molar-refractivity contribution in [2.24, 2.45) is 5.10 Å². The quantitative estimate of drug-likeness (QED) is 0.155. The molecule has 0 aliphatic rings. The van der Waals surface area contributed by atoms with Crippen LogP contribution in [0.15, 0.2) is 69.0 Å². The van der Waals surface area contributed by atoms with Gasteiger partial charge in [0.25, 0.3) is 5.56 Å². The number of ether oxygens (including phenoxy) is 2. The molecule has 9 heteroatoms. The zero-order valence-electron chi connectivity index (χ0n) is 20.5. The molecule has 0 aliphatic carbocycles. The van der Waals surface area contributed by atoms with Gasteiger partial charge >= 0.3 is 0 Å². The lowest BCUT2D eigenvalue weighted by molar-refractivity contribution is 0.282. The Kier molecular flexibility index (Phi) is 8.61. The van der Waals surface area contributed by atoms with Crippen LogP contribution < -0.4 is 15.0 Å². The van der Waals surface area contributed by atoms with Crippen LogP contribution in [0.25, 0.3) is 10.9 Å². The topological polar surface area (TPSA) is 89.5 Å². The maximum atomic E-state index is 13.4. The van der Waals surface area contributed by atoms with Crippen LogP contribution in [0.1, 0.15) is 48.7 Å². The number of hydrogen-bond acceptors (Lipinski definition) is 6. The van der Waals surface area contributed by atoms with Gasteiger partial charge in [-0.05, 0) is 71.0 Å². The Hall–Kier alpha value is -3.23. The van der Waals surface area contributed by atoms with Gasteiger partial charge in [-0.1, -0.05) is 48.0 Å². The van der Waals surface area contributed by atoms with Gasteiger partial charge in [0.05, 0.1) is 39.4 Å². The van der Waals surface area contributed by atoms with Crippen LogP contribution in [0, 0.1) is 14.9 Å². The third-order valence-corrected chi connectivity index (χ3v) is 7.26. The molecule has 4 rings (SSSR count). The molecule has 0 saturated carbocycles. The summed E-state index contributed by atoms with van der Waals surface area (Å²) < 4.78 is 14.6. The van der Waals surface area contributed by atoms with Crippen LogP contribution in [0.3, 0.4) is 0 Å². The van der Waals surface area contributed by atoms with Gasteiger partial charge in [0, 0.05) is 16.0 Å². The second-order valence-electron chi connectivity index (χ2n) is 8.39. The summed E-state index contributed by atoms with van der Waals surface area (Å²) in [4.78, 5) is 18.1. The summed E-state index contributed by atoms with van der Waals surface area (Å²) in [6.07, 6.45) is 2.44. The molecule has 0 bridgehead atoms. The summed E-state index contributed by atoms with van der Waals surface area (Å²) in [7, 11) is 1.57. The van der Waals surface area contributed by atoms with Gasteiger partial charge < -0.3 is 9.47 Å². The lowest BCUT2D eigenvalue weighted by Crippen LogP contribution is -2.23. The second-order valence-corrected chi connectivity index (χ2v) is 10.5. The van der Waals surface area contributed by atoms with Gasteiger partial charge in [-0.2, -0.15) is 15.0 Å². The van der Waals surface area contributed by atoms with E-state index in [1.807, 2.05) is 43.3 Å². The van der Waals surface area contributed by atoms with E-state index in [1.54, 1.807) is 31.5 Å². The van der Waals surface area contributed by atoms with Crippen molar-refractivity contribution in [3.05, 3.63) is 95.5 Å². The molecule has 1 aromatic heterocycles. The maximum absolute atomic E-state index is 13.4. The molecule has 0 N–H and O–H groups in total. The number of benzene rings is 3. The van der Waals surface area contributed by atoms with Gasteiger partial charge in [0.2, 0.25) is 0 Å². The van der Waals surface area contributed by atoms with Crippen molar-refractivity contribution in [1.82, 2.24) is 9.66 Å². The van der Waals surface area contributed by atoms with E-state index in [2.05, 4.69) is 56.6 Å². The zero-order valence-corrected chi connectivity index (χ0v) is 24.3. The standard InChI is InChI=1S/C28H24BrIN4O3/c1-4-17(2)27-33-24-10-9-21(29)13-22(24)28(35)34(27)32-15-18-11-23(30)26(25(12-18)36-3)37-16-20-8-6-5-7-19(20)14-31/h5-13,15,17H,4,16H2,1-3H3/t17-/m0/s1. The molecule has 0 radical (unpaired) electrons. The van der Waals surface area contributed by atoms with E-state index in [0.717, 1.165) is 25.6 Å². The lowest BCUT2D eigenvalue weighted by Gasteiger charge is -2.15. The van der Waals surface area contributed by atoms with Gasteiger partial charge in [-0.15, -0.1) is 0 Å². The highest BCUT2D eigenvalue weighted by Crippen LogP contribution is 2.34. The van der Waals surface area contributed by atoms with Crippen LogP contribution >= 0.6 is 38.5 Å². The first-order valence-corrected chi connectivity index (χ1v) is 13.5. The number of nitrogens with zero attached hydrogens (tertiary/aromatic N) is 4. The van der Waals surface area contributed by atoms with Crippen molar-refractivity contribution in [1.29, 1.82) is 5.26 Å². The summed E-state index contributed by atoms with van der Waals surface area (Å²) in [5, 5.41) is 14.4. The van der Waals surface area contributed by atoms with E-state index in [1.165, 1.54) is 4.68 Å². The van der Waals surface area contributed by atoms with Crippen molar-refractivity contribution in [3.8, 4) is 17.6 Å². The molecule has 0 spiro atoms. The molecule has 7 nitrogen and oxygen atoms in total. The fourth-order valence-electron chi connectivity index (χ4n) is 3.76. The normalized spacial score (nSPS) is 12.0. The highest BCUT2D eigenvalue weighted by Gasteiger charge is 2.16. The molecular formula is C28H24BrIN4O3. The summed E-state index contributed by atoms with van der Waals surface area (Å²) in [6.45, 7) is 4.31. The van der Waals surface area contributed by atoms with Crippen LogP contribution in [0.5, 0.6) is 11.5 Å². The summed E-state index contributed by atoms with van der Waals surface area (Å²) in [6, 6.07) is 18.7. The van der Waals surface area contributed by atoms with Crippen molar-refractivity contribution < 1.29 is 9.47 Å². The van der Waals surface area contributed by atoms with E-state index in [9.17, 15) is 10.1 Å². The van der Waals surface area contributed by atoms with E-state index < -0.39 is 0 Å². The molecule has 3 aromatic carbocycles. The third-order valence-electron chi connectivity index (χ3n) is 5.97. The van der Waals surface area contributed by atoms with Gasteiger partial charge in [-0.25, -0.2) is 4.98 Å². The van der Waals surface area contributed by atoms with Crippen LogP contribution in [0.2, 0.25) is 0 Å². The summed E-state index contributed by atoms with van der Waals surface area (Å²) in [5.74, 6) is 1.75. The van der Waals surface area contributed by atoms with Gasteiger partial charge in [0.1, 0.15) is 12.4 Å². The molecule has 0 fully saturated rings. The number of fused-ring (bicyclic) bond motifs is 1. The highest BCUT2D eigenvalue weighted by molar-refractivity contribution is 14.1. The molecule has 0 saturated heterocycles. The Morgan fingerprint density at radius 3 is 2.76 bits per heavy atom. The predicted octanol–water partition coefficient (Wildman–Crippen LogP) is 6.62. The maximum Gasteiger partial charge on any atom is 0.282 e. The largest absolute Gasteiger partial charge is 0.493 e. The molecule has 0 aliphatic heterocycles. The monoisotopic (exact) mass is 670 g/mol. The molecular weight excluding hydrogens is 647 g/mol. The Morgan fingerprint density at radius 1 is 1.24 bits per heavy atom. The van der Waals surface area contributed by atoms with Crippen LogP contribution in [-0.2, 0) is 6.61 Å². The highest BCUT2D eigenvalue weighted by atomic mass is 127. The number of methoxy groups -OCH3 is 1. The van der Waals surface area contributed by atoms with Crippen molar-refractivity contribution >= 4 is 55.6 Å². The van der Waals surface area contributed by atoms with Crippen LogP contribution in [0.4, 0.5) is 0 Å². The second kappa shape index (κ2) is 11.9. The predicted molar refractivity (Wildman–Crippen MR) is 157 cm³/mol. The molecule has 4 aromatic rings. The Bertz CT molecular complexity index is 1590. The first-order valence-electron chi connectivity index (χ1n) is 11.6. The van der Waals surface area contributed by atoms with Gasteiger partial charge in [-0.3, -0.25) is 4.79 Å². The van der Waals surface area contributed by atoms with Crippen molar-refractivity contribution in [2.75, 3.05) is 7.11 Å². The fraction of sp³-hybridized carbons (Fsp3) is 0.214. The number of rotatable bonds is 8. The molecule has 37 heavy (non-hydrogen) atoms. The molecule has 1 atom stereocenters. The molecule has 0 amide bonds. The van der Waals surface area contributed by atoms with Crippen molar-refractivity contribution in [2.45, 2.75) is 32.8 Å². The third kappa shape index (κ3) is 5.86. The average molecular weight is 671 g/mol. The number of halogens is 2. The minimum absolute atomic E-state index is 0.0413. The Balaban J connectivity index is 1.70. The zero-order chi connectivity index (χ0) is 26.5.